The second-order valence-electron chi connectivity index (χ2n) is 3.41. The molecule has 0 saturated heterocycles. The van der Waals surface area contributed by atoms with Crippen LogP contribution >= 0.6 is 11.3 Å². The molecule has 0 fully saturated rings. The van der Waals surface area contributed by atoms with Crippen molar-refractivity contribution >= 4 is 17.2 Å². The third-order valence-corrected chi connectivity index (χ3v) is 2.99. The number of carbonyl (C=O) groups excluding carboxylic acids is 1. The highest BCUT2D eigenvalue weighted by molar-refractivity contribution is 7.09. The van der Waals surface area contributed by atoms with E-state index in [1.165, 1.54) is 4.88 Å². The van der Waals surface area contributed by atoms with Crippen LogP contribution in [0, 0.1) is 5.92 Å². The molecule has 1 aromatic heterocycles. The molecule has 1 amide bonds. The van der Waals surface area contributed by atoms with Gasteiger partial charge in [0.2, 0.25) is 5.91 Å². The molecule has 4 heteroatoms. The largest absolute Gasteiger partial charge is 0.340 e. The maximum Gasteiger partial charge on any atom is 0.226 e. The van der Waals surface area contributed by atoms with Crippen molar-refractivity contribution in [3.05, 3.63) is 22.4 Å². The van der Waals surface area contributed by atoms with Crippen molar-refractivity contribution < 1.29 is 4.79 Å². The molecule has 0 aliphatic carbocycles. The van der Waals surface area contributed by atoms with Gasteiger partial charge in [-0.1, -0.05) is 13.0 Å². The van der Waals surface area contributed by atoms with E-state index in [2.05, 4.69) is 0 Å². The number of nitrogens with two attached hydrogens (primary N) is 1. The molecular weight excluding hydrogens is 196 g/mol. The highest BCUT2D eigenvalue weighted by atomic mass is 32.1. The first-order valence-corrected chi connectivity index (χ1v) is 5.50. The van der Waals surface area contributed by atoms with Crippen LogP contribution in [-0.2, 0) is 11.3 Å². The van der Waals surface area contributed by atoms with Crippen molar-refractivity contribution in [1.82, 2.24) is 4.90 Å². The van der Waals surface area contributed by atoms with Gasteiger partial charge in [-0.25, -0.2) is 0 Å². The third-order valence-electron chi connectivity index (χ3n) is 2.12. The molecule has 1 aromatic rings. The molecule has 1 atom stereocenters. The normalized spacial score (nSPS) is 12.5. The number of carbonyl (C=O) groups is 1. The third kappa shape index (κ3) is 2.82. The zero-order chi connectivity index (χ0) is 10.6. The van der Waals surface area contributed by atoms with Crippen molar-refractivity contribution in [2.45, 2.75) is 13.5 Å². The van der Waals surface area contributed by atoms with Crippen molar-refractivity contribution in [3.63, 3.8) is 0 Å². The van der Waals surface area contributed by atoms with Crippen molar-refractivity contribution in [3.8, 4) is 0 Å². The van der Waals surface area contributed by atoms with Crippen molar-refractivity contribution in [1.29, 1.82) is 0 Å². The molecule has 0 aliphatic heterocycles. The number of thiophene rings is 1. The Labute approximate surface area is 88.5 Å². The summed E-state index contributed by atoms with van der Waals surface area (Å²) in [6.07, 6.45) is 0. The van der Waals surface area contributed by atoms with Gasteiger partial charge in [-0.3, -0.25) is 4.79 Å². The van der Waals surface area contributed by atoms with E-state index in [-0.39, 0.29) is 11.8 Å². The summed E-state index contributed by atoms with van der Waals surface area (Å²) >= 11 is 1.66. The minimum absolute atomic E-state index is 0.0834. The first-order valence-electron chi connectivity index (χ1n) is 4.62. The van der Waals surface area contributed by atoms with Gasteiger partial charge < -0.3 is 10.6 Å². The first-order chi connectivity index (χ1) is 6.65. The molecule has 0 aromatic carbocycles. The van der Waals surface area contributed by atoms with Crippen LogP contribution in [0.5, 0.6) is 0 Å². The quantitative estimate of drug-likeness (QED) is 0.817. The fourth-order valence-electron chi connectivity index (χ4n) is 1.19. The minimum Gasteiger partial charge on any atom is -0.340 e. The van der Waals surface area contributed by atoms with E-state index < -0.39 is 0 Å². The molecule has 2 N–H and O–H groups in total. The highest BCUT2D eigenvalue weighted by Crippen LogP contribution is 2.12. The molecule has 0 saturated carbocycles. The van der Waals surface area contributed by atoms with Crippen LogP contribution in [0.1, 0.15) is 11.8 Å². The van der Waals surface area contributed by atoms with Gasteiger partial charge in [-0.05, 0) is 11.4 Å². The second-order valence-corrected chi connectivity index (χ2v) is 4.44. The van der Waals surface area contributed by atoms with Crippen LogP contribution in [0.2, 0.25) is 0 Å². The fraction of sp³-hybridized carbons (Fsp3) is 0.500. The van der Waals surface area contributed by atoms with E-state index in [0.29, 0.717) is 13.1 Å². The molecule has 3 nitrogen and oxygen atoms in total. The predicted molar refractivity (Wildman–Crippen MR) is 59.0 cm³/mol. The molecule has 1 unspecified atom stereocenters. The summed E-state index contributed by atoms with van der Waals surface area (Å²) in [6.45, 7) is 2.95. The van der Waals surface area contributed by atoms with E-state index in [0.717, 1.165) is 0 Å². The monoisotopic (exact) mass is 212 g/mol. The molecule has 0 aliphatic rings. The summed E-state index contributed by atoms with van der Waals surface area (Å²) in [4.78, 5) is 14.6. The number of hydrogen-bond donors (Lipinski definition) is 1. The van der Waals surface area contributed by atoms with Crippen LogP contribution in [0.15, 0.2) is 17.5 Å². The first kappa shape index (κ1) is 11.2. The predicted octanol–water partition coefficient (Wildman–Crippen LogP) is 1.30. The summed E-state index contributed by atoms with van der Waals surface area (Å²) in [5.41, 5.74) is 5.44. The summed E-state index contributed by atoms with van der Waals surface area (Å²) in [6, 6.07) is 4.02. The Morgan fingerprint density at radius 2 is 2.43 bits per heavy atom. The Bertz CT molecular complexity index is 284. The van der Waals surface area contributed by atoms with Crippen molar-refractivity contribution in [2.75, 3.05) is 13.6 Å². The van der Waals surface area contributed by atoms with E-state index in [4.69, 9.17) is 5.73 Å². The van der Waals surface area contributed by atoms with Gasteiger partial charge in [0, 0.05) is 24.4 Å². The number of hydrogen-bond acceptors (Lipinski definition) is 3. The molecule has 1 rings (SSSR count). The highest BCUT2D eigenvalue weighted by Gasteiger charge is 2.15. The lowest BCUT2D eigenvalue weighted by Gasteiger charge is -2.19. The van der Waals surface area contributed by atoms with Crippen LogP contribution in [0.25, 0.3) is 0 Å². The molecular formula is C10H16N2OS. The van der Waals surface area contributed by atoms with Gasteiger partial charge in [0.1, 0.15) is 0 Å². The van der Waals surface area contributed by atoms with Gasteiger partial charge in [0.05, 0.1) is 6.54 Å². The summed E-state index contributed by atoms with van der Waals surface area (Å²) < 4.78 is 0. The molecule has 0 bridgehead atoms. The zero-order valence-electron chi connectivity index (χ0n) is 8.56. The summed E-state index contributed by atoms with van der Waals surface area (Å²) in [7, 11) is 1.81. The average Bonchev–Trinajstić information content (AvgIpc) is 2.68. The molecule has 78 valence electrons. The van der Waals surface area contributed by atoms with E-state index >= 15 is 0 Å². The van der Waals surface area contributed by atoms with Crippen molar-refractivity contribution in [2.24, 2.45) is 11.7 Å². The number of rotatable bonds is 4. The van der Waals surface area contributed by atoms with Crippen LogP contribution in [-0.4, -0.2) is 24.4 Å². The van der Waals surface area contributed by atoms with Gasteiger partial charge in [0.15, 0.2) is 0 Å². The maximum absolute atomic E-state index is 11.7. The van der Waals surface area contributed by atoms with Gasteiger partial charge in [0.25, 0.3) is 0 Å². The SMILES string of the molecule is CC(CN)C(=O)N(C)Cc1cccs1. The Hall–Kier alpha value is -0.870. The Kier molecular flexibility index (Phi) is 4.10. The molecule has 1 heterocycles. The Balaban J connectivity index is 2.50. The maximum atomic E-state index is 11.7. The van der Waals surface area contributed by atoms with E-state index in [1.807, 2.05) is 31.5 Å². The Morgan fingerprint density at radius 3 is 2.93 bits per heavy atom. The number of amides is 1. The summed E-state index contributed by atoms with van der Waals surface area (Å²) in [5, 5.41) is 2.01. The average molecular weight is 212 g/mol. The lowest BCUT2D eigenvalue weighted by atomic mass is 10.1. The van der Waals surface area contributed by atoms with Gasteiger partial charge >= 0.3 is 0 Å². The lowest BCUT2D eigenvalue weighted by Crippen LogP contribution is -2.34. The molecule has 14 heavy (non-hydrogen) atoms. The van der Waals surface area contributed by atoms with Crippen LogP contribution in [0.3, 0.4) is 0 Å². The summed E-state index contributed by atoms with van der Waals surface area (Å²) in [5.74, 6) is 0.0286. The van der Waals surface area contributed by atoms with E-state index in [9.17, 15) is 4.79 Å². The number of nitrogens with zero attached hydrogens (tertiary/aromatic N) is 1. The van der Waals surface area contributed by atoms with Crippen LogP contribution < -0.4 is 5.73 Å². The smallest absolute Gasteiger partial charge is 0.226 e. The Morgan fingerprint density at radius 1 is 1.71 bits per heavy atom. The van der Waals surface area contributed by atoms with E-state index in [1.54, 1.807) is 16.2 Å². The van der Waals surface area contributed by atoms with Gasteiger partial charge in [-0.2, -0.15) is 0 Å². The minimum atomic E-state index is -0.0834. The fourth-order valence-corrected chi connectivity index (χ4v) is 1.95. The lowest BCUT2D eigenvalue weighted by molar-refractivity contribution is -0.133. The second kappa shape index (κ2) is 5.12. The molecule has 0 radical (unpaired) electrons. The standard InChI is InChI=1S/C10H16N2OS/c1-8(6-11)10(13)12(2)7-9-4-3-5-14-9/h3-5,8H,6-7,11H2,1-2H3. The van der Waals surface area contributed by atoms with Crippen LogP contribution in [0.4, 0.5) is 0 Å². The van der Waals surface area contributed by atoms with Gasteiger partial charge in [-0.15, -0.1) is 11.3 Å². The molecule has 0 spiro atoms. The zero-order valence-corrected chi connectivity index (χ0v) is 9.38. The topological polar surface area (TPSA) is 46.3 Å².